The maximum Gasteiger partial charge on any atom is 0.338 e. The summed E-state index contributed by atoms with van der Waals surface area (Å²) in [6, 6.07) is 22.3. The van der Waals surface area contributed by atoms with Gasteiger partial charge in [-0.1, -0.05) is 173 Å². The molecular formula is C96H118ClN15O18. The van der Waals surface area contributed by atoms with Crippen LogP contribution in [0.25, 0.3) is 0 Å². The van der Waals surface area contributed by atoms with Crippen molar-refractivity contribution >= 4 is 76.0 Å². The molecule has 9 aromatic rings. The Balaban J connectivity index is 0.000000155. The largest absolute Gasteiger partial charge is 0.508 e. The van der Waals surface area contributed by atoms with Gasteiger partial charge in [0.15, 0.2) is 35.5 Å². The van der Waals surface area contributed by atoms with Gasteiger partial charge in [-0.15, -0.1) is 0 Å². The zero-order valence-electron chi connectivity index (χ0n) is 75.5. The van der Waals surface area contributed by atoms with Gasteiger partial charge in [0.25, 0.3) is 5.91 Å². The number of fused-ring (bicyclic) bond motifs is 3. The first kappa shape index (κ1) is 96.7. The molecule has 0 spiro atoms. The molecule has 4 aromatic carbocycles. The number of aromatic nitrogens is 7. The third kappa shape index (κ3) is 22.7. The molecule has 0 unspecified atom stereocenters. The van der Waals surface area contributed by atoms with Crippen LogP contribution in [-0.4, -0.2) is 217 Å². The molecule has 5 aliphatic heterocycles. The number of amides is 7. The molecule has 6 N–H and O–H groups in total. The number of carbonyl (C=O) groups excluding carboxylic acids is 10. The van der Waals surface area contributed by atoms with E-state index in [2.05, 4.69) is 70.5 Å². The Labute approximate surface area is 760 Å². The number of halogens is 1. The molecule has 130 heavy (non-hydrogen) atoms. The Hall–Kier alpha value is -12.3. The number of hydrogen-bond donors (Lipinski definition) is 6. The number of piperazine rings is 3. The minimum Gasteiger partial charge on any atom is -0.508 e. The van der Waals surface area contributed by atoms with Gasteiger partial charge in [-0.3, -0.25) is 52.3 Å². The molecule has 0 saturated carbocycles. The molecule has 3 aliphatic carbocycles. The number of ketones is 1. The van der Waals surface area contributed by atoms with E-state index in [1.165, 1.54) is 83.6 Å². The monoisotopic (exact) mass is 1800 g/mol. The summed E-state index contributed by atoms with van der Waals surface area (Å²) in [6.45, 7) is 27.4. The molecule has 17 rings (SSSR count). The van der Waals surface area contributed by atoms with Gasteiger partial charge in [0.2, 0.25) is 40.7 Å². The SMILES string of the molecule is C1COCCN1.CC(C)(C)C(=O)Cl.CC[C@H](C)[C@@H]1C(=O)N[C@H](C2Cc3ccccc3C2)C(=O)N1[C@@H](C(=O)Cc1ccccc1O)c1coc(C)n1.CC[C@H](C)[C@@H]1C(=O)N[C@H](C2Cc3ccccc3C2)C(=O)N1[C@@H](C(=O)N1CCOCC1)c1coc(C)n1.CC[C@H](C)[C@@H]1C(=O)N[C@H](C2Cc3ccccc3C2)C(=O)N1[C@@H](C(=O)O)c1coc(C)n1.O=C(n1ccnc1)n1ccnc1. The molecule has 8 aliphatic rings. The number of Topliss-reactive ketones (excluding diaryl/α,β-unsaturated/α-hetero) is 1. The highest BCUT2D eigenvalue weighted by Crippen LogP contribution is 2.42. The minimum absolute atomic E-state index is 0.00119. The van der Waals surface area contributed by atoms with Gasteiger partial charge in [-0.05, 0) is 125 Å². The smallest absolute Gasteiger partial charge is 0.338 e. The van der Waals surface area contributed by atoms with Crippen LogP contribution in [-0.2, 0) is 102 Å². The molecule has 34 heteroatoms. The molecule has 0 bridgehead atoms. The molecule has 10 heterocycles. The normalized spacial score (nSPS) is 21.2. The minimum atomic E-state index is -1.39. The molecule has 7 amide bonds. The summed E-state index contributed by atoms with van der Waals surface area (Å²) in [4.78, 5) is 171. The quantitative estimate of drug-likeness (QED) is 0.0386. The molecule has 0 radical (unpaired) electrons. The number of aromatic hydroxyl groups is 1. The standard InChI is InChI=1S/C30H33N3O5.C27H34N4O5.C23H27N3O5.C7H6N4O.C5H9ClO.C4H9NO/c1-4-17(2)27-29(36)32-26(22-13-19-9-5-6-10-20(19)14-22)30(37)33(27)28(23-16-38-18(3)31-23)25(35)15-21-11-7-8-12-24(21)34;1-4-16(2)23-25(32)29-22(20-13-18-7-5-6-8-19(18)14-20)26(33)31(23)24(21-15-36-17(3)28-21)27(34)30-9-11-35-12-10-30;1-4-12(2)19-21(27)25-18(16-9-14-7-5-6-8-15(14)10-16)22(28)26(19)20(23(29)30)17-11-31-13(3)24-17;12-7(10-3-1-8-5-10)11-4-2-9-6-11;1-5(2,3)4(6)7;1-3-6-4-2-5-1/h5-12,16-17,22,26-28,34H,4,13-15H2,1-3H3,(H,32,36);5-8,15-16,20,22-24H,4,9-14H2,1-3H3,(H,29,32);5-8,11-12,16,18-20H,4,9-10H2,1-3H3,(H,25,27)(H,29,30);1-6H;1-3H3;5H,1-4H2/t17-,26+,27+,28+;16-,22+,23+,24+;12-,18+,19+,20+;;;/m000.../s1. The van der Waals surface area contributed by atoms with Crippen molar-refractivity contribution in [3.63, 3.8) is 0 Å². The van der Waals surface area contributed by atoms with Gasteiger partial charge < -0.3 is 73.8 Å². The lowest BCUT2D eigenvalue weighted by molar-refractivity contribution is -0.164. The number of benzene rings is 4. The third-order valence-corrected chi connectivity index (χ3v) is 25.9. The summed E-state index contributed by atoms with van der Waals surface area (Å²) < 4.78 is 29.4. The fraction of sp³-hybridized carbons (Fsp3) is 0.479. The average Bonchev–Trinajstić information content (AvgIpc) is 1.31. The number of ether oxygens (including phenoxy) is 2. The van der Waals surface area contributed by atoms with Crippen molar-refractivity contribution in [1.29, 1.82) is 0 Å². The number of phenolic OH excluding ortho intramolecular Hbond substituents is 1. The van der Waals surface area contributed by atoms with E-state index in [1.54, 1.807) is 89.4 Å². The second kappa shape index (κ2) is 43.9. The number of para-hydroxylation sites is 1. The van der Waals surface area contributed by atoms with Crippen molar-refractivity contribution in [2.75, 3.05) is 52.6 Å². The Bertz CT molecular complexity index is 5320. The first-order chi connectivity index (χ1) is 62.3. The number of phenols is 1. The summed E-state index contributed by atoms with van der Waals surface area (Å²) in [5, 5.41) is 32.3. The molecule has 5 saturated heterocycles. The second-order valence-corrected chi connectivity index (χ2v) is 35.6. The van der Waals surface area contributed by atoms with Crippen LogP contribution in [0.2, 0.25) is 0 Å². The summed E-state index contributed by atoms with van der Waals surface area (Å²) in [6.07, 6.45) is 19.1. The van der Waals surface area contributed by atoms with E-state index < -0.39 is 60.3 Å². The number of rotatable bonds is 20. The number of oxazole rings is 3. The lowest BCUT2D eigenvalue weighted by Crippen LogP contribution is -2.68. The van der Waals surface area contributed by atoms with Crippen LogP contribution in [0.3, 0.4) is 0 Å². The third-order valence-electron chi connectivity index (χ3n) is 25.3. The predicted molar refractivity (Wildman–Crippen MR) is 477 cm³/mol. The number of aliphatic carboxylic acids is 1. The number of carboxylic acid groups (broad SMARTS) is 1. The summed E-state index contributed by atoms with van der Waals surface area (Å²) in [7, 11) is 0. The molecule has 33 nitrogen and oxygen atoms in total. The predicted octanol–water partition coefficient (Wildman–Crippen LogP) is 10.0. The lowest BCUT2D eigenvalue weighted by atomic mass is 9.85. The van der Waals surface area contributed by atoms with Crippen molar-refractivity contribution < 1.29 is 85.7 Å². The van der Waals surface area contributed by atoms with Crippen molar-refractivity contribution in [3.8, 4) is 5.75 Å². The van der Waals surface area contributed by atoms with Crippen LogP contribution >= 0.6 is 11.6 Å². The highest BCUT2D eigenvalue weighted by molar-refractivity contribution is 6.64. The second-order valence-electron chi connectivity index (χ2n) is 35.2. The zero-order valence-corrected chi connectivity index (χ0v) is 76.3. The van der Waals surface area contributed by atoms with Gasteiger partial charge >= 0.3 is 12.0 Å². The number of carbonyl (C=O) groups is 11. The van der Waals surface area contributed by atoms with Crippen LogP contribution < -0.4 is 21.3 Å². The van der Waals surface area contributed by atoms with E-state index in [0.717, 1.165) is 37.4 Å². The van der Waals surface area contributed by atoms with Gasteiger partial charge in [0, 0.05) is 89.1 Å². The zero-order chi connectivity index (χ0) is 93.4. The summed E-state index contributed by atoms with van der Waals surface area (Å²) in [5.41, 5.74) is 7.90. The van der Waals surface area contributed by atoms with E-state index in [1.807, 2.05) is 90.1 Å². The van der Waals surface area contributed by atoms with Gasteiger partial charge in [0.05, 0.1) is 26.4 Å². The number of nitrogens with one attached hydrogen (secondary N) is 4. The number of nitrogens with zero attached hydrogens (tertiary/aromatic N) is 11. The topological polar surface area (TPSA) is 421 Å². The van der Waals surface area contributed by atoms with Crippen LogP contribution in [0, 0.1) is 61.7 Å². The first-order valence-electron chi connectivity index (χ1n) is 44.5. The van der Waals surface area contributed by atoms with Gasteiger partial charge in [-0.25, -0.2) is 34.5 Å². The average molecular weight is 1810 g/mol. The lowest BCUT2D eigenvalue weighted by Gasteiger charge is -2.46. The fourth-order valence-corrected chi connectivity index (χ4v) is 17.8. The Morgan fingerprint density at radius 1 is 0.492 bits per heavy atom. The Morgan fingerprint density at radius 2 is 0.823 bits per heavy atom. The van der Waals surface area contributed by atoms with E-state index in [9.17, 15) is 63.0 Å². The molecule has 5 fully saturated rings. The molecule has 12 atom stereocenters. The van der Waals surface area contributed by atoms with E-state index >= 15 is 0 Å². The van der Waals surface area contributed by atoms with E-state index in [0.29, 0.717) is 113 Å². The highest BCUT2D eigenvalue weighted by atomic mass is 35.5. The van der Waals surface area contributed by atoms with Crippen molar-refractivity contribution in [1.82, 2.24) is 74.9 Å². The number of carboxylic acids is 1. The highest BCUT2D eigenvalue weighted by Gasteiger charge is 2.56. The molecular weight excluding hydrogens is 1690 g/mol. The van der Waals surface area contributed by atoms with Crippen molar-refractivity contribution in [2.24, 2.45) is 40.9 Å². The number of morpholine rings is 2. The Kier molecular flexibility index (Phi) is 32.6. The fourth-order valence-electron chi connectivity index (χ4n) is 17.8. The molecule has 5 aromatic heterocycles. The maximum absolute atomic E-state index is 14.3. The summed E-state index contributed by atoms with van der Waals surface area (Å²) in [5.74, 6) is -3.35. The van der Waals surface area contributed by atoms with Gasteiger partial charge in [-0.2, -0.15) is 0 Å². The maximum atomic E-state index is 14.3. The number of imidazole rings is 2. The number of hydrogen-bond acceptors (Lipinski definition) is 23. The molecule has 692 valence electrons. The summed E-state index contributed by atoms with van der Waals surface area (Å²) >= 11 is 5.11. The number of aryl methyl sites for hydroxylation is 3. The van der Waals surface area contributed by atoms with Crippen LogP contribution in [0.1, 0.15) is 173 Å². The van der Waals surface area contributed by atoms with Crippen LogP contribution in [0.15, 0.2) is 167 Å². The van der Waals surface area contributed by atoms with E-state index in [-0.39, 0.29) is 123 Å². The Morgan fingerprint density at radius 3 is 1.12 bits per heavy atom. The van der Waals surface area contributed by atoms with Crippen LogP contribution in [0.5, 0.6) is 5.75 Å². The van der Waals surface area contributed by atoms with Crippen molar-refractivity contribution in [3.05, 3.63) is 227 Å². The van der Waals surface area contributed by atoms with Gasteiger partial charge in [0.1, 0.15) is 96.6 Å². The van der Waals surface area contributed by atoms with Crippen molar-refractivity contribution in [2.45, 2.75) is 202 Å². The first-order valence-corrected chi connectivity index (χ1v) is 44.9. The van der Waals surface area contributed by atoms with Crippen LogP contribution in [0.4, 0.5) is 4.79 Å². The van der Waals surface area contributed by atoms with E-state index in [4.69, 9.17) is 34.3 Å².